The summed E-state index contributed by atoms with van der Waals surface area (Å²) < 4.78 is 5.64. The maximum atomic E-state index is 12.7. The molecule has 1 aliphatic heterocycles. The zero-order valence-electron chi connectivity index (χ0n) is 15.5. The lowest BCUT2D eigenvalue weighted by molar-refractivity contribution is -0.134. The minimum Gasteiger partial charge on any atom is -0.425 e. The van der Waals surface area contributed by atoms with Gasteiger partial charge in [-0.25, -0.2) is 4.79 Å². The van der Waals surface area contributed by atoms with E-state index in [1.807, 2.05) is 54.6 Å². The van der Waals surface area contributed by atoms with Crippen molar-refractivity contribution in [3.63, 3.8) is 0 Å². The van der Waals surface area contributed by atoms with Crippen molar-refractivity contribution in [1.29, 1.82) is 0 Å². The van der Waals surface area contributed by atoms with E-state index in [0.29, 0.717) is 22.9 Å². The van der Waals surface area contributed by atoms with Crippen molar-refractivity contribution in [3.8, 4) is 5.75 Å². The summed E-state index contributed by atoms with van der Waals surface area (Å²) in [6.45, 7) is -0.135. The van der Waals surface area contributed by atoms with E-state index >= 15 is 0 Å². The van der Waals surface area contributed by atoms with Gasteiger partial charge in [0.1, 0.15) is 12.3 Å². The Hall–Kier alpha value is -2.76. The molecule has 1 aliphatic rings. The number of halogens is 1. The lowest BCUT2D eigenvalue weighted by Crippen LogP contribution is -2.40. The van der Waals surface area contributed by atoms with Gasteiger partial charge in [-0.05, 0) is 35.9 Å². The molecular weight excluding hydrogens is 406 g/mol. The predicted molar refractivity (Wildman–Crippen MR) is 116 cm³/mol. The Morgan fingerprint density at radius 3 is 2.62 bits per heavy atom. The third kappa shape index (κ3) is 4.63. The first-order chi connectivity index (χ1) is 14.1. The minimum absolute atomic E-state index is 0.105. The molecule has 1 heterocycles. The van der Waals surface area contributed by atoms with Gasteiger partial charge in [-0.2, -0.15) is 0 Å². The van der Waals surface area contributed by atoms with Gasteiger partial charge in [0.15, 0.2) is 0 Å². The summed E-state index contributed by atoms with van der Waals surface area (Å²) in [5.74, 6) is 0.170. The van der Waals surface area contributed by atoms with Gasteiger partial charge in [-0.1, -0.05) is 54.1 Å². The number of carbonyl (C=O) groups is 2. The molecular formula is C23H18ClNO3S. The lowest BCUT2D eigenvalue weighted by Gasteiger charge is -2.28. The molecule has 0 radical (unpaired) electrons. The van der Waals surface area contributed by atoms with Crippen LogP contribution in [0.25, 0.3) is 0 Å². The van der Waals surface area contributed by atoms with Crippen LogP contribution in [0, 0.1) is 0 Å². The minimum atomic E-state index is -0.489. The summed E-state index contributed by atoms with van der Waals surface area (Å²) in [7, 11) is 0. The number of ether oxygens (including phenoxy) is 1. The van der Waals surface area contributed by atoms with Gasteiger partial charge in [-0.15, -0.1) is 11.8 Å². The fourth-order valence-corrected chi connectivity index (χ4v) is 4.34. The number of thioether (sulfide) groups is 1. The molecule has 29 heavy (non-hydrogen) atoms. The summed E-state index contributed by atoms with van der Waals surface area (Å²) in [4.78, 5) is 27.5. The van der Waals surface area contributed by atoms with E-state index in [4.69, 9.17) is 16.3 Å². The van der Waals surface area contributed by atoms with Gasteiger partial charge in [0, 0.05) is 21.9 Å². The zero-order valence-corrected chi connectivity index (χ0v) is 17.1. The molecule has 0 saturated heterocycles. The van der Waals surface area contributed by atoms with Crippen LogP contribution >= 0.6 is 23.4 Å². The molecule has 6 heteroatoms. The number of carbonyl (C=O) groups excluding carboxylic acids is 2. The molecule has 0 saturated carbocycles. The quantitative estimate of drug-likeness (QED) is 0.429. The molecule has 146 valence electrons. The van der Waals surface area contributed by atoms with Crippen molar-refractivity contribution in [2.45, 2.75) is 11.3 Å². The van der Waals surface area contributed by atoms with Crippen molar-refractivity contribution in [1.82, 2.24) is 0 Å². The molecule has 4 rings (SSSR count). The Bertz CT molecular complexity index is 1050. The summed E-state index contributed by atoms with van der Waals surface area (Å²) in [6.07, 6.45) is 0.589. The van der Waals surface area contributed by atoms with Gasteiger partial charge in [0.25, 0.3) is 0 Å². The Morgan fingerprint density at radius 1 is 1.03 bits per heavy atom. The van der Waals surface area contributed by atoms with Crippen LogP contribution in [-0.2, 0) is 16.0 Å². The highest BCUT2D eigenvalue weighted by molar-refractivity contribution is 8.00. The summed E-state index contributed by atoms with van der Waals surface area (Å²) >= 11 is 7.63. The zero-order chi connectivity index (χ0) is 20.2. The molecule has 0 aromatic heterocycles. The van der Waals surface area contributed by atoms with Gasteiger partial charge in [-0.3, -0.25) is 9.69 Å². The molecule has 1 amide bonds. The molecule has 0 unspecified atom stereocenters. The third-order valence-electron chi connectivity index (χ3n) is 4.58. The van der Waals surface area contributed by atoms with E-state index in [2.05, 4.69) is 0 Å². The largest absolute Gasteiger partial charge is 0.425 e. The van der Waals surface area contributed by atoms with Crippen LogP contribution < -0.4 is 9.64 Å². The second-order valence-electron chi connectivity index (χ2n) is 6.62. The fraction of sp³-hybridized carbons (Fsp3) is 0.130. The first-order valence-electron chi connectivity index (χ1n) is 9.15. The second kappa shape index (κ2) is 8.72. The molecule has 3 aromatic rings. The standard InChI is InChI=1S/C23H18ClNO3S/c24-18-10-11-20(17(13-18)12-16-6-2-1-3-7-16)28-23(27)14-25-19-8-4-5-9-21(19)29-15-22(25)26/h1-11,13H,12,14-15H2. The molecule has 0 N–H and O–H groups in total. The van der Waals surface area contributed by atoms with E-state index in [0.717, 1.165) is 21.7 Å². The molecule has 4 nitrogen and oxygen atoms in total. The molecule has 3 aromatic carbocycles. The maximum Gasteiger partial charge on any atom is 0.331 e. The average molecular weight is 424 g/mol. The van der Waals surface area contributed by atoms with Crippen LogP contribution in [0.2, 0.25) is 5.02 Å². The number of anilines is 1. The third-order valence-corrected chi connectivity index (χ3v) is 5.86. The SMILES string of the molecule is O=C(CN1C(=O)CSc2ccccc21)Oc1ccc(Cl)cc1Cc1ccccc1. The van der Waals surface area contributed by atoms with Gasteiger partial charge in [0.05, 0.1) is 11.4 Å². The number of hydrogen-bond donors (Lipinski definition) is 0. The van der Waals surface area contributed by atoms with Crippen LogP contribution in [0.1, 0.15) is 11.1 Å². The van der Waals surface area contributed by atoms with Crippen molar-refractivity contribution >= 4 is 40.9 Å². The van der Waals surface area contributed by atoms with Crippen LogP contribution in [0.4, 0.5) is 5.69 Å². The number of esters is 1. The average Bonchev–Trinajstić information content (AvgIpc) is 2.73. The maximum absolute atomic E-state index is 12.7. The van der Waals surface area contributed by atoms with Crippen molar-refractivity contribution in [2.75, 3.05) is 17.2 Å². The molecule has 0 atom stereocenters. The number of para-hydroxylation sites is 1. The number of fused-ring (bicyclic) bond motifs is 1. The van der Waals surface area contributed by atoms with E-state index < -0.39 is 5.97 Å². The van der Waals surface area contributed by atoms with Gasteiger partial charge in [0.2, 0.25) is 5.91 Å². The fourth-order valence-electron chi connectivity index (χ4n) is 3.21. The highest BCUT2D eigenvalue weighted by atomic mass is 35.5. The van der Waals surface area contributed by atoms with Crippen molar-refractivity contribution < 1.29 is 14.3 Å². The molecule has 0 bridgehead atoms. The first-order valence-corrected chi connectivity index (χ1v) is 10.5. The lowest BCUT2D eigenvalue weighted by atomic mass is 10.0. The Morgan fingerprint density at radius 2 is 1.79 bits per heavy atom. The topological polar surface area (TPSA) is 46.6 Å². The van der Waals surface area contributed by atoms with E-state index in [1.54, 1.807) is 18.2 Å². The summed E-state index contributed by atoms with van der Waals surface area (Å²) in [6, 6.07) is 22.6. The second-order valence-corrected chi connectivity index (χ2v) is 8.08. The van der Waals surface area contributed by atoms with Crippen LogP contribution in [-0.4, -0.2) is 24.2 Å². The Balaban J connectivity index is 1.53. The van der Waals surface area contributed by atoms with E-state index in [1.165, 1.54) is 16.7 Å². The summed E-state index contributed by atoms with van der Waals surface area (Å²) in [5, 5.41) is 0.577. The monoisotopic (exact) mass is 423 g/mol. The van der Waals surface area contributed by atoms with Gasteiger partial charge < -0.3 is 4.74 Å². The number of benzene rings is 3. The van der Waals surface area contributed by atoms with Crippen LogP contribution in [0.15, 0.2) is 77.7 Å². The molecule has 0 spiro atoms. The van der Waals surface area contributed by atoms with Crippen molar-refractivity contribution in [2.24, 2.45) is 0 Å². The molecule has 0 fully saturated rings. The van der Waals surface area contributed by atoms with E-state index in [-0.39, 0.29) is 12.5 Å². The normalized spacial score (nSPS) is 13.1. The smallest absolute Gasteiger partial charge is 0.331 e. The van der Waals surface area contributed by atoms with E-state index in [9.17, 15) is 9.59 Å². The summed E-state index contributed by atoms with van der Waals surface area (Å²) in [5.41, 5.74) is 2.65. The predicted octanol–water partition coefficient (Wildman–Crippen LogP) is 4.98. The highest BCUT2D eigenvalue weighted by Gasteiger charge is 2.27. The Kier molecular flexibility index (Phi) is 5.88. The van der Waals surface area contributed by atoms with Gasteiger partial charge >= 0.3 is 5.97 Å². The number of nitrogens with zero attached hydrogens (tertiary/aromatic N) is 1. The number of rotatable bonds is 5. The number of amides is 1. The van der Waals surface area contributed by atoms with Crippen LogP contribution in [0.5, 0.6) is 5.75 Å². The number of hydrogen-bond acceptors (Lipinski definition) is 4. The van der Waals surface area contributed by atoms with Crippen LogP contribution in [0.3, 0.4) is 0 Å². The molecule has 0 aliphatic carbocycles. The Labute approximate surface area is 178 Å². The van der Waals surface area contributed by atoms with Crippen molar-refractivity contribution in [3.05, 3.63) is 88.9 Å². The first kappa shape index (κ1) is 19.6. The highest BCUT2D eigenvalue weighted by Crippen LogP contribution is 2.35.